The van der Waals surface area contributed by atoms with Gasteiger partial charge >= 0.3 is 0 Å². The highest BCUT2D eigenvalue weighted by molar-refractivity contribution is 6.01. The van der Waals surface area contributed by atoms with Crippen LogP contribution in [0.15, 0.2) is 85.3 Å². The second-order valence-corrected chi connectivity index (χ2v) is 12.4. The number of carbonyl (C=O) groups is 2. The van der Waals surface area contributed by atoms with Crippen LogP contribution in [-0.4, -0.2) is 98.7 Å². The molecular formula is C37H39N9O3. The van der Waals surface area contributed by atoms with Crippen LogP contribution in [0.2, 0.25) is 0 Å². The predicted molar refractivity (Wildman–Crippen MR) is 190 cm³/mol. The van der Waals surface area contributed by atoms with Crippen molar-refractivity contribution < 1.29 is 14.3 Å². The Balaban J connectivity index is 0.963. The molecule has 12 heteroatoms. The predicted octanol–water partition coefficient (Wildman–Crippen LogP) is 4.86. The maximum Gasteiger partial charge on any atom is 0.258 e. The molecule has 49 heavy (non-hydrogen) atoms. The van der Waals surface area contributed by atoms with Crippen LogP contribution in [-0.2, 0) is 14.3 Å². The quantitative estimate of drug-likeness (QED) is 0.192. The van der Waals surface area contributed by atoms with E-state index in [-0.39, 0.29) is 18.4 Å². The number of hydrogen-bond donors (Lipinski definition) is 3. The van der Waals surface area contributed by atoms with E-state index in [1.807, 2.05) is 59.2 Å². The number of aromatic amines is 1. The Labute approximate surface area is 284 Å². The highest BCUT2D eigenvalue weighted by atomic mass is 16.5. The number of carbonyl (C=O) groups excluding carboxylic acids is 2. The molecule has 0 radical (unpaired) electrons. The monoisotopic (exact) mass is 657 g/mol. The van der Waals surface area contributed by atoms with Crippen LogP contribution in [0.25, 0.3) is 39.1 Å². The van der Waals surface area contributed by atoms with E-state index in [1.165, 1.54) is 5.57 Å². The molecule has 250 valence electrons. The number of nitrogens with zero attached hydrogens (tertiary/aromatic N) is 6. The SMILES string of the molecule is CCNc1cc(-c2n[nH]c3ccc(NC(=O)[C@]4(OC)CCN(CC(=O)N5CC=C(c6ccc(-c7ncccn7)cc6)CC5)C4)cc23)ccn1. The molecule has 2 aliphatic rings. The lowest BCUT2D eigenvalue weighted by molar-refractivity contribution is -0.138. The van der Waals surface area contributed by atoms with Crippen molar-refractivity contribution in [2.24, 2.45) is 0 Å². The largest absolute Gasteiger partial charge is 0.370 e. The molecule has 0 spiro atoms. The topological polar surface area (TPSA) is 141 Å². The first kappa shape index (κ1) is 32.1. The molecule has 5 aromatic rings. The third-order valence-electron chi connectivity index (χ3n) is 9.33. The fraction of sp³-hybridized carbons (Fsp3) is 0.297. The molecule has 0 saturated carbocycles. The number of anilines is 2. The average Bonchev–Trinajstić information content (AvgIpc) is 3.77. The summed E-state index contributed by atoms with van der Waals surface area (Å²) in [5, 5.41) is 14.8. The van der Waals surface area contributed by atoms with Crippen LogP contribution >= 0.6 is 0 Å². The fourth-order valence-corrected chi connectivity index (χ4v) is 6.58. The van der Waals surface area contributed by atoms with Crippen molar-refractivity contribution in [3.63, 3.8) is 0 Å². The number of H-pyrrole nitrogens is 1. The standard InChI is InChI=1S/C37H39N9O3/c1-3-38-32-21-28(11-17-39-32)34-30-22-29(9-10-31(30)43-44-34)42-36(48)37(49-2)14-20-45(24-37)23-33(47)46-18-12-26(13-19-46)25-5-7-27(8-6-25)35-40-15-4-16-41-35/h4-12,15-17,21-22H,3,13-14,18-20,23-24H2,1-2H3,(H,38,39)(H,42,48)(H,43,44)/t37-/m0/s1. The zero-order valence-corrected chi connectivity index (χ0v) is 27.6. The van der Waals surface area contributed by atoms with Gasteiger partial charge in [-0.1, -0.05) is 30.3 Å². The summed E-state index contributed by atoms with van der Waals surface area (Å²) in [5.74, 6) is 1.29. The molecule has 2 amide bonds. The van der Waals surface area contributed by atoms with Crippen molar-refractivity contribution in [3.05, 3.63) is 90.9 Å². The summed E-state index contributed by atoms with van der Waals surface area (Å²) in [6.45, 7) is 5.13. The van der Waals surface area contributed by atoms with Gasteiger partial charge in [-0.2, -0.15) is 5.10 Å². The maximum absolute atomic E-state index is 13.7. The number of likely N-dealkylation sites (tertiary alicyclic amines) is 1. The van der Waals surface area contributed by atoms with E-state index >= 15 is 0 Å². The molecule has 1 atom stereocenters. The fourth-order valence-electron chi connectivity index (χ4n) is 6.58. The third-order valence-corrected chi connectivity index (χ3v) is 9.33. The second-order valence-electron chi connectivity index (χ2n) is 12.4. The first-order valence-corrected chi connectivity index (χ1v) is 16.6. The van der Waals surface area contributed by atoms with E-state index in [2.05, 4.69) is 54.0 Å². The summed E-state index contributed by atoms with van der Waals surface area (Å²) >= 11 is 0. The molecule has 1 saturated heterocycles. The molecular weight excluding hydrogens is 618 g/mol. The Morgan fingerprint density at radius 2 is 1.78 bits per heavy atom. The minimum Gasteiger partial charge on any atom is -0.370 e. The van der Waals surface area contributed by atoms with Crippen molar-refractivity contribution in [2.45, 2.75) is 25.4 Å². The number of amides is 2. The summed E-state index contributed by atoms with van der Waals surface area (Å²) in [4.78, 5) is 43.9. The number of pyridine rings is 1. The second kappa shape index (κ2) is 14.0. The van der Waals surface area contributed by atoms with E-state index in [9.17, 15) is 9.59 Å². The third kappa shape index (κ3) is 6.78. The van der Waals surface area contributed by atoms with E-state index < -0.39 is 5.60 Å². The molecule has 12 nitrogen and oxygen atoms in total. The van der Waals surface area contributed by atoms with E-state index in [0.29, 0.717) is 44.1 Å². The van der Waals surface area contributed by atoms with Crippen molar-refractivity contribution in [2.75, 3.05) is 57.0 Å². The number of nitrogens with one attached hydrogen (secondary N) is 3. The van der Waals surface area contributed by atoms with E-state index in [1.54, 1.807) is 31.8 Å². The molecule has 7 rings (SSSR count). The number of aromatic nitrogens is 5. The van der Waals surface area contributed by atoms with Gasteiger partial charge in [0.2, 0.25) is 5.91 Å². The normalized spacial score (nSPS) is 18.0. The van der Waals surface area contributed by atoms with Gasteiger partial charge in [0.15, 0.2) is 11.4 Å². The first-order chi connectivity index (χ1) is 23.9. The van der Waals surface area contributed by atoms with Gasteiger partial charge in [-0.15, -0.1) is 0 Å². The van der Waals surface area contributed by atoms with Gasteiger partial charge < -0.3 is 20.3 Å². The summed E-state index contributed by atoms with van der Waals surface area (Å²) < 4.78 is 5.86. The van der Waals surface area contributed by atoms with Crippen molar-refractivity contribution in [3.8, 4) is 22.6 Å². The number of benzene rings is 2. The maximum atomic E-state index is 13.7. The van der Waals surface area contributed by atoms with Gasteiger partial charge in [-0.3, -0.25) is 19.6 Å². The van der Waals surface area contributed by atoms with Crippen molar-refractivity contribution >= 4 is 39.8 Å². The molecule has 2 aliphatic heterocycles. The van der Waals surface area contributed by atoms with Crippen molar-refractivity contribution in [1.82, 2.24) is 34.9 Å². The summed E-state index contributed by atoms with van der Waals surface area (Å²) in [6, 6.07) is 19.6. The Kier molecular flexibility index (Phi) is 9.14. The molecule has 0 unspecified atom stereocenters. The Bertz CT molecular complexity index is 1990. The van der Waals surface area contributed by atoms with Gasteiger partial charge in [0.1, 0.15) is 11.5 Å². The van der Waals surface area contributed by atoms with Gasteiger partial charge in [0, 0.05) is 80.6 Å². The number of rotatable bonds is 10. The van der Waals surface area contributed by atoms with Crippen LogP contribution in [0, 0.1) is 0 Å². The molecule has 5 heterocycles. The molecule has 3 aromatic heterocycles. The van der Waals surface area contributed by atoms with Gasteiger partial charge in [0.05, 0.1) is 12.1 Å². The smallest absolute Gasteiger partial charge is 0.258 e. The van der Waals surface area contributed by atoms with E-state index in [4.69, 9.17) is 4.74 Å². The number of fused-ring (bicyclic) bond motifs is 1. The van der Waals surface area contributed by atoms with Gasteiger partial charge in [-0.05, 0) is 67.3 Å². The molecule has 3 N–H and O–H groups in total. The minimum atomic E-state index is -1.06. The van der Waals surface area contributed by atoms with Crippen LogP contribution < -0.4 is 10.6 Å². The van der Waals surface area contributed by atoms with Crippen LogP contribution in [0.1, 0.15) is 25.3 Å². The van der Waals surface area contributed by atoms with Crippen molar-refractivity contribution in [1.29, 1.82) is 0 Å². The molecule has 1 fully saturated rings. The Morgan fingerprint density at radius 1 is 0.959 bits per heavy atom. The Hall–Kier alpha value is -5.46. The van der Waals surface area contributed by atoms with Crippen LogP contribution in [0.5, 0.6) is 0 Å². The highest BCUT2D eigenvalue weighted by Crippen LogP contribution is 2.32. The summed E-state index contributed by atoms with van der Waals surface area (Å²) in [6.07, 6.45) is 8.62. The average molecular weight is 658 g/mol. The molecule has 0 aliphatic carbocycles. The lowest BCUT2D eigenvalue weighted by Crippen LogP contribution is -2.48. The van der Waals surface area contributed by atoms with E-state index in [0.717, 1.165) is 52.1 Å². The zero-order chi connectivity index (χ0) is 33.8. The lowest BCUT2D eigenvalue weighted by atomic mass is 9.98. The summed E-state index contributed by atoms with van der Waals surface area (Å²) in [7, 11) is 1.56. The van der Waals surface area contributed by atoms with Gasteiger partial charge in [0.25, 0.3) is 5.91 Å². The Morgan fingerprint density at radius 3 is 2.53 bits per heavy atom. The van der Waals surface area contributed by atoms with Crippen LogP contribution in [0.4, 0.5) is 11.5 Å². The molecule has 2 aromatic carbocycles. The zero-order valence-electron chi connectivity index (χ0n) is 27.6. The number of ether oxygens (including phenoxy) is 1. The minimum absolute atomic E-state index is 0.0468. The number of hydrogen-bond acceptors (Lipinski definition) is 9. The number of methoxy groups -OCH3 is 1. The van der Waals surface area contributed by atoms with Crippen LogP contribution in [0.3, 0.4) is 0 Å². The van der Waals surface area contributed by atoms with Gasteiger partial charge in [-0.25, -0.2) is 15.0 Å². The lowest BCUT2D eigenvalue weighted by Gasteiger charge is -2.30. The molecule has 0 bridgehead atoms. The highest BCUT2D eigenvalue weighted by Gasteiger charge is 2.45. The first-order valence-electron chi connectivity index (χ1n) is 16.6. The summed E-state index contributed by atoms with van der Waals surface area (Å²) in [5.41, 5.74) is 5.46.